The first-order chi connectivity index (χ1) is 34.9. The summed E-state index contributed by atoms with van der Waals surface area (Å²) in [4.78, 5) is 117. The van der Waals surface area contributed by atoms with Gasteiger partial charge in [-0.3, -0.25) is 38.4 Å². The van der Waals surface area contributed by atoms with E-state index in [2.05, 4.69) is 36.9 Å². The number of hydrogen-bond donors (Lipinski definition) is 12. The van der Waals surface area contributed by atoms with Crippen LogP contribution in [0.4, 0.5) is 0 Å². The molecule has 23 heteroatoms. The second kappa shape index (κ2) is 28.1. The smallest absolute Gasteiger partial charge is 0.246 e. The van der Waals surface area contributed by atoms with Crippen LogP contribution in [0, 0.1) is 0 Å². The SMILES string of the molecule is C[C@@H](O)C1NC(=O)[C@H](CCCCN)NC(=O)[C@@H](Cc2c[nH]c3ccccc23)NC(=O)C(Cc2ccccc2)N(C)C(=O)[C@@H](NC(=O)[C@H](N)Cc2ccccc2)CSSCC(C(=O)N[C@H](C(N)=O)[C@@H](C)O)NC1=O. The predicted octanol–water partition coefficient (Wildman–Crippen LogP) is -0.970. The van der Waals surface area contributed by atoms with Crippen molar-refractivity contribution < 1.29 is 48.6 Å². The molecule has 4 aromatic rings. The number of carbonyl (C=O) groups excluding carboxylic acids is 8. The number of amides is 8. The van der Waals surface area contributed by atoms with E-state index in [0.717, 1.165) is 38.1 Å². The highest BCUT2D eigenvalue weighted by Crippen LogP contribution is 2.25. The lowest BCUT2D eigenvalue weighted by atomic mass is 10.00. The van der Waals surface area contributed by atoms with E-state index in [1.165, 1.54) is 25.8 Å². The highest BCUT2D eigenvalue weighted by molar-refractivity contribution is 8.76. The van der Waals surface area contributed by atoms with Gasteiger partial charge in [0, 0.05) is 48.5 Å². The summed E-state index contributed by atoms with van der Waals surface area (Å²) in [5.41, 5.74) is 20.5. The van der Waals surface area contributed by atoms with Crippen LogP contribution in [-0.4, -0.2) is 153 Å². The van der Waals surface area contributed by atoms with E-state index in [-0.39, 0.29) is 43.7 Å². The maximum absolute atomic E-state index is 15.0. The first-order valence-corrected chi connectivity index (χ1v) is 26.4. The summed E-state index contributed by atoms with van der Waals surface area (Å²) in [6, 6.07) is 13.9. The number of aromatic amines is 1. The summed E-state index contributed by atoms with van der Waals surface area (Å²) < 4.78 is 0. The zero-order chi connectivity index (χ0) is 53.2. The average molecular weight is 1050 g/mol. The second-order valence-corrected chi connectivity index (χ2v) is 20.5. The number of likely N-dealkylation sites (N-methyl/N-ethyl adjacent to an activating group) is 1. The number of nitrogens with zero attached hydrogens (tertiary/aromatic N) is 1. The third-order valence-electron chi connectivity index (χ3n) is 12.3. The van der Waals surface area contributed by atoms with Crippen LogP contribution in [0.3, 0.4) is 0 Å². The van der Waals surface area contributed by atoms with E-state index in [9.17, 15) is 48.6 Å². The van der Waals surface area contributed by atoms with Gasteiger partial charge in [-0.15, -0.1) is 0 Å². The van der Waals surface area contributed by atoms with Gasteiger partial charge in [-0.05, 0) is 68.8 Å². The van der Waals surface area contributed by atoms with Crippen molar-refractivity contribution in [3.63, 3.8) is 0 Å². The minimum atomic E-state index is -1.71. The Balaban J connectivity index is 1.60. The molecule has 1 aliphatic rings. The van der Waals surface area contributed by atoms with Gasteiger partial charge in [0.05, 0.1) is 18.2 Å². The van der Waals surface area contributed by atoms with Crippen molar-refractivity contribution in [2.75, 3.05) is 25.1 Å². The number of unbranched alkanes of at least 4 members (excludes halogenated alkanes) is 1. The highest BCUT2D eigenvalue weighted by atomic mass is 33.1. The van der Waals surface area contributed by atoms with Gasteiger partial charge in [0.25, 0.3) is 0 Å². The van der Waals surface area contributed by atoms with Gasteiger partial charge in [0.15, 0.2) is 0 Å². The third kappa shape index (κ3) is 16.8. The molecular formula is C50H67N11O10S2. The Labute approximate surface area is 431 Å². The molecule has 3 unspecified atom stereocenters. The van der Waals surface area contributed by atoms with Crippen molar-refractivity contribution in [3.05, 3.63) is 108 Å². The Morgan fingerprint density at radius 3 is 2.03 bits per heavy atom. The molecule has 0 radical (unpaired) electrons. The Morgan fingerprint density at radius 1 is 0.767 bits per heavy atom. The Morgan fingerprint density at radius 2 is 1.38 bits per heavy atom. The van der Waals surface area contributed by atoms with Crippen LogP contribution in [0.1, 0.15) is 49.8 Å². The molecule has 21 nitrogen and oxygen atoms in total. The lowest BCUT2D eigenvalue weighted by molar-refractivity contribution is -0.142. The van der Waals surface area contributed by atoms with Crippen LogP contribution in [0.2, 0.25) is 0 Å². The monoisotopic (exact) mass is 1050 g/mol. The zero-order valence-corrected chi connectivity index (χ0v) is 42.6. The number of aromatic nitrogens is 1. The number of fused-ring (bicyclic) bond motifs is 1. The van der Waals surface area contributed by atoms with Crippen molar-refractivity contribution >= 4 is 79.7 Å². The van der Waals surface area contributed by atoms with Crippen molar-refractivity contribution in [1.29, 1.82) is 0 Å². The molecule has 3 aromatic carbocycles. The largest absolute Gasteiger partial charge is 0.391 e. The van der Waals surface area contributed by atoms with Gasteiger partial charge < -0.3 is 69.2 Å². The summed E-state index contributed by atoms with van der Waals surface area (Å²) in [5.74, 6) is -7.34. The molecular weight excluding hydrogens is 979 g/mol. The van der Waals surface area contributed by atoms with Crippen LogP contribution >= 0.6 is 21.6 Å². The van der Waals surface area contributed by atoms with E-state index < -0.39 is 108 Å². The average Bonchev–Trinajstić information content (AvgIpc) is 3.78. The zero-order valence-electron chi connectivity index (χ0n) is 41.0. The van der Waals surface area contributed by atoms with Crippen molar-refractivity contribution in [3.8, 4) is 0 Å². The normalized spacial score (nSPS) is 22.6. The van der Waals surface area contributed by atoms with E-state index in [4.69, 9.17) is 17.2 Å². The summed E-state index contributed by atoms with van der Waals surface area (Å²) in [5, 5.41) is 37.7. The summed E-state index contributed by atoms with van der Waals surface area (Å²) >= 11 is 0. The molecule has 10 atom stereocenters. The van der Waals surface area contributed by atoms with Gasteiger partial charge in [-0.2, -0.15) is 0 Å². The molecule has 15 N–H and O–H groups in total. The maximum atomic E-state index is 15.0. The fourth-order valence-electron chi connectivity index (χ4n) is 8.11. The number of H-pyrrole nitrogens is 1. The van der Waals surface area contributed by atoms with Gasteiger partial charge in [0.1, 0.15) is 42.3 Å². The number of nitrogens with one attached hydrogen (secondary N) is 7. The number of aliphatic hydroxyl groups is 2. The minimum absolute atomic E-state index is 0.0133. The number of nitrogens with two attached hydrogens (primary N) is 3. The molecule has 5 rings (SSSR count). The van der Waals surface area contributed by atoms with Crippen molar-refractivity contribution in [2.24, 2.45) is 17.2 Å². The first kappa shape index (κ1) is 57.4. The number of para-hydroxylation sites is 1. The third-order valence-corrected chi connectivity index (χ3v) is 14.7. The molecule has 0 aliphatic carbocycles. The maximum Gasteiger partial charge on any atom is 0.246 e. The second-order valence-electron chi connectivity index (χ2n) is 18.0. The molecule has 2 heterocycles. The van der Waals surface area contributed by atoms with E-state index in [1.807, 2.05) is 30.3 Å². The predicted molar refractivity (Wildman–Crippen MR) is 279 cm³/mol. The molecule has 1 aromatic heterocycles. The Hall–Kier alpha value is -6.50. The fourth-order valence-corrected chi connectivity index (χ4v) is 10.4. The van der Waals surface area contributed by atoms with Gasteiger partial charge in [-0.1, -0.05) is 100 Å². The Bertz CT molecular complexity index is 2520. The van der Waals surface area contributed by atoms with E-state index >= 15 is 0 Å². The molecule has 8 amide bonds. The molecule has 0 bridgehead atoms. The number of rotatable bonds is 17. The summed E-state index contributed by atoms with van der Waals surface area (Å²) in [6.07, 6.45) is -0.517. The quantitative estimate of drug-likeness (QED) is 0.0448. The van der Waals surface area contributed by atoms with Crippen LogP contribution in [0.25, 0.3) is 10.9 Å². The van der Waals surface area contributed by atoms with Crippen molar-refractivity contribution in [1.82, 2.24) is 41.8 Å². The molecule has 0 saturated carbocycles. The van der Waals surface area contributed by atoms with E-state index in [0.29, 0.717) is 24.0 Å². The fraction of sp³-hybridized carbons (Fsp3) is 0.440. The Kier molecular flexibility index (Phi) is 22.1. The number of benzene rings is 3. The number of hydrogen-bond acceptors (Lipinski definition) is 14. The number of primary amides is 1. The molecule has 1 fully saturated rings. The van der Waals surface area contributed by atoms with Crippen LogP contribution in [-0.2, 0) is 57.6 Å². The van der Waals surface area contributed by atoms with Gasteiger partial charge >= 0.3 is 0 Å². The lowest BCUT2D eigenvalue weighted by Crippen LogP contribution is -2.62. The van der Waals surface area contributed by atoms with E-state index in [1.54, 1.807) is 60.8 Å². The lowest BCUT2D eigenvalue weighted by Gasteiger charge is -2.33. The number of carbonyl (C=O) groups is 8. The summed E-state index contributed by atoms with van der Waals surface area (Å²) in [6.45, 7) is 2.71. The molecule has 1 saturated heterocycles. The van der Waals surface area contributed by atoms with Crippen LogP contribution < -0.4 is 49.1 Å². The first-order valence-electron chi connectivity index (χ1n) is 24.0. The highest BCUT2D eigenvalue weighted by Gasteiger charge is 2.38. The molecule has 73 heavy (non-hydrogen) atoms. The van der Waals surface area contributed by atoms with Crippen molar-refractivity contribution in [2.45, 2.75) is 113 Å². The van der Waals surface area contributed by atoms with Gasteiger partial charge in [0.2, 0.25) is 47.3 Å². The molecule has 0 spiro atoms. The van der Waals surface area contributed by atoms with Gasteiger partial charge in [-0.25, -0.2) is 0 Å². The standard InChI is InChI=1S/C50H67N11O10S2/c1-28(62)41(43(53)64)59-47(68)38-26-72-73-27-39(58-44(65)34(52)22-30-14-6-4-7-15-30)50(71)61(3)40(23-31-16-8-5-9-17-31)48(69)56-37(24-32-25-54-35-19-11-10-18-33(32)35)46(67)55-36(20-12-13-21-51)45(66)60-42(29(2)63)49(70)57-38/h4-11,14-19,25,28-29,34,36-42,54,62-63H,12-13,20-24,26-27,51-52H2,1-3H3,(H2,53,64)(H,55,67)(H,56,69)(H,57,70)(H,58,65)(H,59,68)(H,60,66)/t28-,29-,34-,36+,37-,38?,39+,40?,41+,42?/m1/s1. The molecule has 1 aliphatic heterocycles. The van der Waals surface area contributed by atoms with Crippen LogP contribution in [0.5, 0.6) is 0 Å². The topological polar surface area (TPSA) is 346 Å². The number of aliphatic hydroxyl groups excluding tert-OH is 2. The van der Waals surface area contributed by atoms with Crippen LogP contribution in [0.15, 0.2) is 91.1 Å². The molecule has 394 valence electrons. The summed E-state index contributed by atoms with van der Waals surface area (Å²) in [7, 11) is 3.39. The minimum Gasteiger partial charge on any atom is -0.391 e.